The van der Waals surface area contributed by atoms with Crippen molar-refractivity contribution in [2.45, 2.75) is 47.0 Å². The molecular formula is C19H28O. The SMILES string of the molecule is CCC1=CCC(C)C=C1.CCOc1ccc(CC)cc1. The molecule has 2 rings (SSSR count). The number of ether oxygens (including phenoxy) is 1. The standard InChI is InChI=1S/C10H14O.C9H14/c1-3-9-5-7-10(8-6-9)11-4-2;1-3-9-6-4-8(2)5-7-9/h5-8H,3-4H2,1-2H3;4,6-8H,3,5H2,1-2H3. The summed E-state index contributed by atoms with van der Waals surface area (Å²) in [7, 11) is 0. The second-order valence-corrected chi connectivity index (χ2v) is 5.14. The Morgan fingerprint density at radius 1 is 1.05 bits per heavy atom. The first-order valence-electron chi connectivity index (χ1n) is 7.78. The highest BCUT2D eigenvalue weighted by Crippen LogP contribution is 2.16. The monoisotopic (exact) mass is 272 g/mol. The highest BCUT2D eigenvalue weighted by molar-refractivity contribution is 5.27. The zero-order valence-electron chi connectivity index (χ0n) is 13.4. The Kier molecular flexibility index (Phi) is 7.79. The minimum absolute atomic E-state index is 0.742. The Labute approximate surface area is 124 Å². The van der Waals surface area contributed by atoms with Gasteiger partial charge in [-0.2, -0.15) is 0 Å². The molecule has 1 heteroatoms. The molecule has 0 fully saturated rings. The van der Waals surface area contributed by atoms with Gasteiger partial charge in [-0.05, 0) is 49.8 Å². The molecule has 0 bridgehead atoms. The average molecular weight is 272 g/mol. The van der Waals surface area contributed by atoms with Gasteiger partial charge in [-0.3, -0.25) is 0 Å². The van der Waals surface area contributed by atoms with Gasteiger partial charge in [0, 0.05) is 0 Å². The van der Waals surface area contributed by atoms with Gasteiger partial charge >= 0.3 is 0 Å². The zero-order chi connectivity index (χ0) is 14.8. The molecule has 0 amide bonds. The van der Waals surface area contributed by atoms with Crippen molar-refractivity contribution in [1.82, 2.24) is 0 Å². The van der Waals surface area contributed by atoms with E-state index in [4.69, 9.17) is 4.74 Å². The Morgan fingerprint density at radius 2 is 1.75 bits per heavy atom. The number of hydrogen-bond donors (Lipinski definition) is 0. The molecule has 0 radical (unpaired) electrons. The van der Waals surface area contributed by atoms with Crippen LogP contribution in [0.1, 0.15) is 46.1 Å². The van der Waals surface area contributed by atoms with Crippen LogP contribution >= 0.6 is 0 Å². The van der Waals surface area contributed by atoms with E-state index in [1.54, 1.807) is 0 Å². The fourth-order valence-corrected chi connectivity index (χ4v) is 2.02. The summed E-state index contributed by atoms with van der Waals surface area (Å²) in [4.78, 5) is 0. The fraction of sp³-hybridized carbons (Fsp3) is 0.474. The Balaban J connectivity index is 0.000000204. The van der Waals surface area contributed by atoms with E-state index in [-0.39, 0.29) is 0 Å². The summed E-state index contributed by atoms with van der Waals surface area (Å²) in [5.74, 6) is 1.73. The second kappa shape index (κ2) is 9.41. The normalized spacial score (nSPS) is 17.0. The van der Waals surface area contributed by atoms with Gasteiger partial charge in [-0.15, -0.1) is 0 Å². The minimum atomic E-state index is 0.742. The van der Waals surface area contributed by atoms with Crippen LogP contribution in [0.3, 0.4) is 0 Å². The van der Waals surface area contributed by atoms with Crippen LogP contribution in [0.15, 0.2) is 48.1 Å². The van der Waals surface area contributed by atoms with Gasteiger partial charge in [0.2, 0.25) is 0 Å². The van der Waals surface area contributed by atoms with E-state index in [1.807, 2.05) is 19.1 Å². The summed E-state index contributed by atoms with van der Waals surface area (Å²) >= 11 is 0. The summed E-state index contributed by atoms with van der Waals surface area (Å²) in [6.45, 7) is 9.33. The lowest BCUT2D eigenvalue weighted by Gasteiger charge is -2.09. The third kappa shape index (κ3) is 6.10. The molecule has 1 aliphatic rings. The van der Waals surface area contributed by atoms with Crippen LogP contribution in [0.2, 0.25) is 0 Å². The predicted octanol–water partition coefficient (Wildman–Crippen LogP) is 5.57. The molecule has 1 aromatic rings. The van der Waals surface area contributed by atoms with Gasteiger partial charge in [0.15, 0.2) is 0 Å². The lowest BCUT2D eigenvalue weighted by atomic mass is 9.97. The van der Waals surface area contributed by atoms with E-state index in [0.29, 0.717) is 0 Å². The van der Waals surface area contributed by atoms with Crippen molar-refractivity contribution in [1.29, 1.82) is 0 Å². The molecule has 0 aliphatic heterocycles. The topological polar surface area (TPSA) is 9.23 Å². The summed E-state index contributed by atoms with van der Waals surface area (Å²) in [6.07, 6.45) is 10.4. The molecule has 20 heavy (non-hydrogen) atoms. The van der Waals surface area contributed by atoms with E-state index in [1.165, 1.54) is 24.0 Å². The van der Waals surface area contributed by atoms with E-state index in [2.05, 4.69) is 51.1 Å². The molecule has 0 saturated heterocycles. The summed E-state index contributed by atoms with van der Waals surface area (Å²) < 4.78 is 5.31. The van der Waals surface area contributed by atoms with Crippen molar-refractivity contribution in [2.24, 2.45) is 5.92 Å². The number of hydrogen-bond acceptors (Lipinski definition) is 1. The fourth-order valence-electron chi connectivity index (χ4n) is 2.02. The van der Waals surface area contributed by atoms with Crippen LogP contribution in [0.25, 0.3) is 0 Å². The maximum atomic E-state index is 5.31. The van der Waals surface area contributed by atoms with Crippen LogP contribution in [0, 0.1) is 5.92 Å². The van der Waals surface area contributed by atoms with Gasteiger partial charge < -0.3 is 4.74 Å². The van der Waals surface area contributed by atoms with Crippen molar-refractivity contribution in [3.63, 3.8) is 0 Å². The van der Waals surface area contributed by atoms with E-state index < -0.39 is 0 Å². The predicted molar refractivity (Wildman–Crippen MR) is 88.3 cm³/mol. The first-order chi connectivity index (χ1) is 9.69. The Hall–Kier alpha value is -1.50. The van der Waals surface area contributed by atoms with E-state index in [0.717, 1.165) is 24.7 Å². The lowest BCUT2D eigenvalue weighted by Crippen LogP contribution is -1.92. The summed E-state index contributed by atoms with van der Waals surface area (Å²) in [6, 6.07) is 8.24. The van der Waals surface area contributed by atoms with Gasteiger partial charge in [0.1, 0.15) is 5.75 Å². The molecule has 0 aromatic heterocycles. The molecule has 1 aliphatic carbocycles. The molecule has 1 unspecified atom stereocenters. The van der Waals surface area contributed by atoms with Gasteiger partial charge in [-0.1, -0.05) is 56.7 Å². The van der Waals surface area contributed by atoms with Crippen molar-refractivity contribution >= 4 is 0 Å². The quantitative estimate of drug-likeness (QED) is 0.696. The highest BCUT2D eigenvalue weighted by atomic mass is 16.5. The van der Waals surface area contributed by atoms with Gasteiger partial charge in [0.05, 0.1) is 6.61 Å². The maximum Gasteiger partial charge on any atom is 0.119 e. The molecule has 0 spiro atoms. The third-order valence-corrected chi connectivity index (χ3v) is 3.44. The summed E-state index contributed by atoms with van der Waals surface area (Å²) in [5, 5.41) is 0. The average Bonchev–Trinajstić information content (AvgIpc) is 2.50. The van der Waals surface area contributed by atoms with E-state index in [9.17, 15) is 0 Å². The number of benzene rings is 1. The molecule has 0 heterocycles. The van der Waals surface area contributed by atoms with Crippen LogP contribution < -0.4 is 4.74 Å². The van der Waals surface area contributed by atoms with Crippen LogP contribution in [-0.2, 0) is 6.42 Å². The molecule has 0 saturated carbocycles. The number of rotatable bonds is 4. The van der Waals surface area contributed by atoms with Crippen LogP contribution in [0.4, 0.5) is 0 Å². The first kappa shape index (κ1) is 16.6. The molecular weight excluding hydrogens is 244 g/mol. The van der Waals surface area contributed by atoms with Crippen molar-refractivity contribution in [3.05, 3.63) is 53.6 Å². The van der Waals surface area contributed by atoms with Crippen LogP contribution in [0.5, 0.6) is 5.75 Å². The van der Waals surface area contributed by atoms with Gasteiger partial charge in [-0.25, -0.2) is 0 Å². The van der Waals surface area contributed by atoms with Crippen LogP contribution in [-0.4, -0.2) is 6.61 Å². The number of aryl methyl sites for hydroxylation is 1. The molecule has 1 aromatic carbocycles. The van der Waals surface area contributed by atoms with Crippen molar-refractivity contribution in [3.8, 4) is 5.75 Å². The maximum absolute atomic E-state index is 5.31. The lowest BCUT2D eigenvalue weighted by molar-refractivity contribution is 0.340. The van der Waals surface area contributed by atoms with Gasteiger partial charge in [0.25, 0.3) is 0 Å². The first-order valence-corrected chi connectivity index (χ1v) is 7.78. The Morgan fingerprint density at radius 3 is 2.20 bits per heavy atom. The molecule has 1 atom stereocenters. The zero-order valence-corrected chi connectivity index (χ0v) is 13.4. The molecule has 110 valence electrons. The number of allylic oxidation sites excluding steroid dienone is 4. The third-order valence-electron chi connectivity index (χ3n) is 3.44. The van der Waals surface area contributed by atoms with Crippen molar-refractivity contribution < 1.29 is 4.74 Å². The molecule has 1 nitrogen and oxygen atoms in total. The molecule has 0 N–H and O–H groups in total. The summed E-state index contributed by atoms with van der Waals surface area (Å²) in [5.41, 5.74) is 2.85. The minimum Gasteiger partial charge on any atom is -0.494 e. The second-order valence-electron chi connectivity index (χ2n) is 5.14. The highest BCUT2D eigenvalue weighted by Gasteiger charge is 2.00. The Bertz CT molecular complexity index is 426. The van der Waals surface area contributed by atoms with E-state index >= 15 is 0 Å². The largest absolute Gasteiger partial charge is 0.494 e. The smallest absolute Gasteiger partial charge is 0.119 e. The van der Waals surface area contributed by atoms with Crippen molar-refractivity contribution in [2.75, 3.05) is 6.61 Å².